The summed E-state index contributed by atoms with van der Waals surface area (Å²) in [4.78, 5) is 12.4. The van der Waals surface area contributed by atoms with Gasteiger partial charge in [-0.1, -0.05) is 43.5 Å². The van der Waals surface area contributed by atoms with E-state index in [0.29, 0.717) is 24.9 Å². The van der Waals surface area contributed by atoms with Gasteiger partial charge in [0.2, 0.25) is 5.91 Å². The van der Waals surface area contributed by atoms with Gasteiger partial charge in [-0.3, -0.25) is 4.79 Å². The zero-order valence-electron chi connectivity index (χ0n) is 15.5. The predicted octanol–water partition coefficient (Wildman–Crippen LogP) is 4.65. The Morgan fingerprint density at radius 3 is 2.33 bits per heavy atom. The van der Waals surface area contributed by atoms with Crippen LogP contribution in [0.25, 0.3) is 0 Å². The van der Waals surface area contributed by atoms with Crippen molar-refractivity contribution in [1.82, 2.24) is 5.32 Å². The minimum Gasteiger partial charge on any atom is -0.355 e. The molecular weight excluding hydrogens is 339 g/mol. The van der Waals surface area contributed by atoms with E-state index in [9.17, 15) is 9.18 Å². The number of nitrogens with one attached hydrogen (secondary N) is 1. The third-order valence-corrected chi connectivity index (χ3v) is 5.61. The van der Waals surface area contributed by atoms with Gasteiger partial charge in [-0.2, -0.15) is 5.26 Å². The van der Waals surface area contributed by atoms with Crippen molar-refractivity contribution in [1.29, 1.82) is 5.26 Å². The van der Waals surface area contributed by atoms with Gasteiger partial charge in [-0.15, -0.1) is 0 Å². The summed E-state index contributed by atoms with van der Waals surface area (Å²) in [6, 6.07) is 16.2. The molecule has 1 N–H and O–H groups in total. The number of carbonyl (C=O) groups is 1. The topological polar surface area (TPSA) is 52.9 Å². The molecule has 3 nitrogen and oxygen atoms in total. The van der Waals surface area contributed by atoms with Crippen molar-refractivity contribution < 1.29 is 9.18 Å². The molecule has 0 heterocycles. The number of amides is 1. The van der Waals surface area contributed by atoms with Crippen molar-refractivity contribution in [3.05, 3.63) is 71.0 Å². The highest BCUT2D eigenvalue weighted by atomic mass is 19.1. The van der Waals surface area contributed by atoms with Crippen LogP contribution in [0.4, 0.5) is 4.39 Å². The molecule has 0 aliphatic heterocycles. The lowest BCUT2D eigenvalue weighted by Gasteiger charge is -2.38. The van der Waals surface area contributed by atoms with Gasteiger partial charge in [0.25, 0.3) is 0 Å². The molecule has 1 fully saturated rings. The van der Waals surface area contributed by atoms with Gasteiger partial charge < -0.3 is 5.32 Å². The Bertz CT molecular complexity index is 800. The number of hydrogen-bond acceptors (Lipinski definition) is 2. The monoisotopic (exact) mass is 364 g/mol. The normalized spacial score (nSPS) is 15.7. The molecule has 0 atom stereocenters. The number of benzene rings is 2. The average Bonchev–Trinajstić information content (AvgIpc) is 2.72. The Morgan fingerprint density at radius 1 is 1.04 bits per heavy atom. The minimum absolute atomic E-state index is 0.0337. The van der Waals surface area contributed by atoms with E-state index < -0.39 is 0 Å². The maximum atomic E-state index is 13.3. The highest BCUT2D eigenvalue weighted by Crippen LogP contribution is 2.39. The molecule has 0 saturated heterocycles. The molecule has 27 heavy (non-hydrogen) atoms. The Labute approximate surface area is 160 Å². The summed E-state index contributed by atoms with van der Waals surface area (Å²) in [6.45, 7) is 0.602. The van der Waals surface area contributed by atoms with Gasteiger partial charge >= 0.3 is 0 Å². The first-order chi connectivity index (χ1) is 13.1. The van der Waals surface area contributed by atoms with Crippen LogP contribution in [0, 0.1) is 17.1 Å². The molecule has 4 heteroatoms. The molecule has 1 aliphatic carbocycles. The Morgan fingerprint density at radius 2 is 1.70 bits per heavy atom. The van der Waals surface area contributed by atoms with Crippen LogP contribution in [-0.4, -0.2) is 12.5 Å². The van der Waals surface area contributed by atoms with Gasteiger partial charge in [0.1, 0.15) is 5.82 Å². The number of halogens is 1. The summed E-state index contributed by atoms with van der Waals surface area (Å²) < 4.78 is 13.3. The lowest BCUT2D eigenvalue weighted by molar-refractivity contribution is -0.121. The van der Waals surface area contributed by atoms with E-state index in [1.54, 1.807) is 12.1 Å². The SMILES string of the molecule is N#Cc1ccc(CCC(=O)NCC2(c3ccc(F)cc3)CCCCC2)cc1. The minimum atomic E-state index is -0.226. The summed E-state index contributed by atoms with van der Waals surface area (Å²) in [5, 5.41) is 12.0. The Kier molecular flexibility index (Phi) is 6.24. The average molecular weight is 364 g/mol. The van der Waals surface area contributed by atoms with Gasteiger partial charge in [-0.05, 0) is 54.7 Å². The highest BCUT2D eigenvalue weighted by Gasteiger charge is 2.34. The van der Waals surface area contributed by atoms with E-state index in [-0.39, 0.29) is 17.1 Å². The molecular formula is C23H25FN2O. The quantitative estimate of drug-likeness (QED) is 0.811. The second-order valence-corrected chi connectivity index (χ2v) is 7.43. The maximum absolute atomic E-state index is 13.3. The molecule has 1 saturated carbocycles. The number of rotatable bonds is 6. The van der Waals surface area contributed by atoms with Gasteiger partial charge in [0, 0.05) is 18.4 Å². The van der Waals surface area contributed by atoms with E-state index in [4.69, 9.17) is 5.26 Å². The fraction of sp³-hybridized carbons (Fsp3) is 0.391. The third kappa shape index (κ3) is 4.95. The zero-order valence-corrected chi connectivity index (χ0v) is 15.5. The van der Waals surface area contributed by atoms with Crippen molar-refractivity contribution >= 4 is 5.91 Å². The molecule has 2 aromatic carbocycles. The van der Waals surface area contributed by atoms with Gasteiger partial charge in [0.05, 0.1) is 11.6 Å². The highest BCUT2D eigenvalue weighted by molar-refractivity contribution is 5.76. The first kappa shape index (κ1) is 19.1. The standard InChI is InChI=1S/C23H25FN2O/c24-21-11-9-20(10-12-21)23(14-2-1-3-15-23)17-26-22(27)13-8-18-4-6-19(16-25)7-5-18/h4-7,9-12H,1-3,8,13-15,17H2,(H,26,27). The van der Waals surface area contributed by atoms with E-state index in [2.05, 4.69) is 11.4 Å². The fourth-order valence-corrected chi connectivity index (χ4v) is 3.96. The molecule has 1 aliphatic rings. The first-order valence-electron chi connectivity index (χ1n) is 9.63. The van der Waals surface area contributed by atoms with Gasteiger partial charge in [-0.25, -0.2) is 4.39 Å². The molecule has 0 bridgehead atoms. The number of nitriles is 1. The van der Waals surface area contributed by atoms with Crippen molar-refractivity contribution in [2.24, 2.45) is 0 Å². The largest absolute Gasteiger partial charge is 0.355 e. The maximum Gasteiger partial charge on any atom is 0.220 e. The summed E-state index contributed by atoms with van der Waals surface area (Å²) in [5.74, 6) is -0.192. The molecule has 140 valence electrons. The van der Waals surface area contributed by atoms with Crippen LogP contribution in [0.3, 0.4) is 0 Å². The lowest BCUT2D eigenvalue weighted by atomic mass is 9.69. The summed E-state index contributed by atoms with van der Waals surface area (Å²) in [5.41, 5.74) is 2.71. The Hall–Kier alpha value is -2.67. The zero-order chi connectivity index (χ0) is 19.1. The molecule has 2 aromatic rings. The molecule has 1 amide bonds. The lowest BCUT2D eigenvalue weighted by Crippen LogP contribution is -2.42. The third-order valence-electron chi connectivity index (χ3n) is 5.61. The second-order valence-electron chi connectivity index (χ2n) is 7.43. The van der Waals surface area contributed by atoms with E-state index in [1.807, 2.05) is 24.3 Å². The molecule has 3 rings (SSSR count). The van der Waals surface area contributed by atoms with Crippen molar-refractivity contribution in [2.75, 3.05) is 6.54 Å². The van der Waals surface area contributed by atoms with Crippen LogP contribution in [0.15, 0.2) is 48.5 Å². The predicted molar refractivity (Wildman–Crippen MR) is 104 cm³/mol. The smallest absolute Gasteiger partial charge is 0.220 e. The summed E-state index contributed by atoms with van der Waals surface area (Å²) in [6.07, 6.45) is 6.61. The van der Waals surface area contributed by atoms with E-state index in [1.165, 1.54) is 18.6 Å². The van der Waals surface area contributed by atoms with Crippen LogP contribution < -0.4 is 5.32 Å². The van der Waals surface area contributed by atoms with E-state index >= 15 is 0 Å². The molecule has 0 aromatic heterocycles. The van der Waals surface area contributed by atoms with Crippen LogP contribution in [0.5, 0.6) is 0 Å². The molecule has 0 radical (unpaired) electrons. The number of aryl methyl sites for hydroxylation is 1. The molecule has 0 unspecified atom stereocenters. The molecule has 0 spiro atoms. The van der Waals surface area contributed by atoms with Crippen LogP contribution in [-0.2, 0) is 16.6 Å². The first-order valence-corrected chi connectivity index (χ1v) is 9.63. The number of carbonyl (C=O) groups excluding carboxylic acids is 1. The number of nitrogens with zero attached hydrogens (tertiary/aromatic N) is 1. The van der Waals surface area contributed by atoms with E-state index in [0.717, 1.165) is 36.8 Å². The van der Waals surface area contributed by atoms with Crippen molar-refractivity contribution in [2.45, 2.75) is 50.4 Å². The van der Waals surface area contributed by atoms with Gasteiger partial charge in [0.15, 0.2) is 0 Å². The summed E-state index contributed by atoms with van der Waals surface area (Å²) in [7, 11) is 0. The number of hydrogen-bond donors (Lipinski definition) is 1. The van der Waals surface area contributed by atoms with Crippen LogP contribution in [0.1, 0.15) is 55.2 Å². The second kappa shape index (κ2) is 8.81. The Balaban J connectivity index is 1.58. The van der Waals surface area contributed by atoms with Crippen LogP contribution in [0.2, 0.25) is 0 Å². The van der Waals surface area contributed by atoms with Crippen molar-refractivity contribution in [3.8, 4) is 6.07 Å². The van der Waals surface area contributed by atoms with Crippen molar-refractivity contribution in [3.63, 3.8) is 0 Å². The summed E-state index contributed by atoms with van der Waals surface area (Å²) >= 11 is 0. The fourth-order valence-electron chi connectivity index (χ4n) is 3.96. The van der Waals surface area contributed by atoms with Crippen LogP contribution >= 0.6 is 0 Å².